The molecule has 0 aromatic carbocycles. The first kappa shape index (κ1) is 11.4. The molecule has 0 unspecified atom stereocenters. The normalized spacial score (nSPS) is 22.0. The fourth-order valence-corrected chi connectivity index (χ4v) is 2.12. The fourth-order valence-electron chi connectivity index (χ4n) is 2.12. The van der Waals surface area contributed by atoms with Crippen molar-refractivity contribution < 1.29 is 4.74 Å². The highest BCUT2D eigenvalue weighted by Gasteiger charge is 2.17. The number of aromatic nitrogens is 1. The summed E-state index contributed by atoms with van der Waals surface area (Å²) in [6.07, 6.45) is 1.77. The molecular weight excluding hydrogens is 202 g/mol. The maximum Gasteiger partial charge on any atom is 0.217 e. The van der Waals surface area contributed by atoms with E-state index in [-0.39, 0.29) is 0 Å². The summed E-state index contributed by atoms with van der Waals surface area (Å²) in [5.74, 6) is 0.744. The highest BCUT2D eigenvalue weighted by atomic mass is 16.5. The molecule has 1 aromatic rings. The zero-order chi connectivity index (χ0) is 11.4. The summed E-state index contributed by atoms with van der Waals surface area (Å²) in [6.45, 7) is 6.36. The Kier molecular flexibility index (Phi) is 3.74. The summed E-state index contributed by atoms with van der Waals surface area (Å²) in [5, 5.41) is 3.44. The molecule has 0 amide bonds. The molecule has 16 heavy (non-hydrogen) atoms. The van der Waals surface area contributed by atoms with Gasteiger partial charge in [-0.25, -0.2) is 4.98 Å². The molecule has 0 radical (unpaired) electrons. The van der Waals surface area contributed by atoms with Crippen LogP contribution >= 0.6 is 0 Å². The molecule has 0 saturated carbocycles. The van der Waals surface area contributed by atoms with Crippen molar-refractivity contribution in [1.82, 2.24) is 15.2 Å². The van der Waals surface area contributed by atoms with Crippen LogP contribution in [0.15, 0.2) is 18.3 Å². The molecule has 1 N–H and O–H groups in total. The summed E-state index contributed by atoms with van der Waals surface area (Å²) in [6, 6.07) is 4.61. The van der Waals surface area contributed by atoms with E-state index >= 15 is 0 Å². The minimum atomic E-state index is 0.566. The van der Waals surface area contributed by atoms with Crippen molar-refractivity contribution in [2.24, 2.45) is 0 Å². The van der Waals surface area contributed by atoms with Crippen LogP contribution in [0, 0.1) is 0 Å². The number of rotatable bonds is 3. The first-order valence-corrected chi connectivity index (χ1v) is 5.73. The van der Waals surface area contributed by atoms with Crippen molar-refractivity contribution in [1.29, 1.82) is 0 Å². The van der Waals surface area contributed by atoms with E-state index in [4.69, 9.17) is 4.74 Å². The number of nitrogens with zero attached hydrogens (tertiary/aromatic N) is 2. The van der Waals surface area contributed by atoms with E-state index in [1.807, 2.05) is 6.07 Å². The van der Waals surface area contributed by atoms with E-state index in [0.717, 1.165) is 32.1 Å². The Hall–Kier alpha value is -1.13. The minimum Gasteiger partial charge on any atom is -0.481 e. The highest BCUT2D eigenvalue weighted by molar-refractivity contribution is 5.25. The Bertz CT molecular complexity index is 343. The lowest BCUT2D eigenvalue weighted by Gasteiger charge is -2.31. The van der Waals surface area contributed by atoms with Crippen LogP contribution in [0.1, 0.15) is 12.5 Å². The van der Waals surface area contributed by atoms with Crippen molar-refractivity contribution in [3.63, 3.8) is 0 Å². The Morgan fingerprint density at radius 2 is 2.50 bits per heavy atom. The van der Waals surface area contributed by atoms with Crippen molar-refractivity contribution >= 4 is 0 Å². The van der Waals surface area contributed by atoms with Crippen LogP contribution < -0.4 is 10.1 Å². The second-order valence-corrected chi connectivity index (χ2v) is 4.26. The van der Waals surface area contributed by atoms with E-state index in [2.05, 4.69) is 28.2 Å². The molecule has 88 valence electrons. The van der Waals surface area contributed by atoms with Gasteiger partial charge in [0.15, 0.2) is 0 Å². The molecule has 0 aliphatic carbocycles. The third-order valence-electron chi connectivity index (χ3n) is 2.89. The zero-order valence-electron chi connectivity index (χ0n) is 9.94. The van der Waals surface area contributed by atoms with Crippen LogP contribution in [-0.2, 0) is 6.54 Å². The Morgan fingerprint density at radius 3 is 3.25 bits per heavy atom. The molecular formula is C12H19N3O. The monoisotopic (exact) mass is 221 g/mol. The fraction of sp³-hybridized carbons (Fsp3) is 0.583. The van der Waals surface area contributed by atoms with Gasteiger partial charge in [0.1, 0.15) is 0 Å². The highest BCUT2D eigenvalue weighted by Crippen LogP contribution is 2.16. The van der Waals surface area contributed by atoms with Gasteiger partial charge in [0.2, 0.25) is 5.88 Å². The summed E-state index contributed by atoms with van der Waals surface area (Å²) in [7, 11) is 1.67. The number of ether oxygens (including phenoxy) is 1. The number of hydrogen-bond acceptors (Lipinski definition) is 4. The van der Waals surface area contributed by atoms with Crippen molar-refractivity contribution in [3.8, 4) is 5.88 Å². The van der Waals surface area contributed by atoms with E-state index in [1.54, 1.807) is 13.3 Å². The molecule has 1 saturated heterocycles. The summed E-state index contributed by atoms with van der Waals surface area (Å²) < 4.78 is 5.26. The van der Waals surface area contributed by atoms with Gasteiger partial charge in [-0.3, -0.25) is 4.90 Å². The zero-order valence-corrected chi connectivity index (χ0v) is 9.94. The van der Waals surface area contributed by atoms with Gasteiger partial charge in [-0.05, 0) is 13.0 Å². The second-order valence-electron chi connectivity index (χ2n) is 4.26. The second kappa shape index (κ2) is 5.27. The largest absolute Gasteiger partial charge is 0.481 e. The van der Waals surface area contributed by atoms with Gasteiger partial charge in [0.25, 0.3) is 0 Å². The van der Waals surface area contributed by atoms with Gasteiger partial charge >= 0.3 is 0 Å². The van der Waals surface area contributed by atoms with Gasteiger partial charge in [0.05, 0.1) is 7.11 Å². The van der Waals surface area contributed by atoms with Crippen LogP contribution in [0.4, 0.5) is 0 Å². The number of piperazine rings is 1. The van der Waals surface area contributed by atoms with Gasteiger partial charge in [-0.15, -0.1) is 0 Å². The molecule has 0 bridgehead atoms. The Labute approximate surface area is 96.6 Å². The standard InChI is InChI=1S/C12H19N3O/c1-10-8-15(7-6-13-10)9-11-4-3-5-14-12(11)16-2/h3-5,10,13H,6-9H2,1-2H3/t10-/m0/s1. The molecule has 4 heteroatoms. The van der Waals surface area contributed by atoms with Gasteiger partial charge < -0.3 is 10.1 Å². The molecule has 1 aromatic heterocycles. The summed E-state index contributed by atoms with van der Waals surface area (Å²) in [4.78, 5) is 6.65. The lowest BCUT2D eigenvalue weighted by Crippen LogP contribution is -2.48. The number of nitrogens with one attached hydrogen (secondary N) is 1. The molecule has 1 fully saturated rings. The van der Waals surface area contributed by atoms with Crippen LogP contribution in [0.3, 0.4) is 0 Å². The Balaban J connectivity index is 2.02. The number of hydrogen-bond donors (Lipinski definition) is 1. The maximum absolute atomic E-state index is 5.26. The van der Waals surface area contributed by atoms with Gasteiger partial charge in [0, 0.05) is 44.0 Å². The average molecular weight is 221 g/mol. The lowest BCUT2D eigenvalue weighted by atomic mass is 10.2. The first-order chi connectivity index (χ1) is 7.79. The molecule has 2 heterocycles. The summed E-state index contributed by atoms with van der Waals surface area (Å²) >= 11 is 0. The van der Waals surface area contributed by atoms with Crippen LogP contribution in [0.25, 0.3) is 0 Å². The van der Waals surface area contributed by atoms with Crippen LogP contribution in [-0.4, -0.2) is 42.7 Å². The predicted octanol–water partition coefficient (Wildman–Crippen LogP) is 0.884. The molecule has 0 spiro atoms. The molecule has 2 rings (SSSR count). The molecule has 4 nitrogen and oxygen atoms in total. The third-order valence-corrected chi connectivity index (χ3v) is 2.89. The van der Waals surface area contributed by atoms with Gasteiger partial charge in [-0.2, -0.15) is 0 Å². The smallest absolute Gasteiger partial charge is 0.217 e. The third kappa shape index (κ3) is 2.71. The van der Waals surface area contributed by atoms with Gasteiger partial charge in [-0.1, -0.05) is 6.07 Å². The molecule has 1 aliphatic heterocycles. The van der Waals surface area contributed by atoms with E-state index in [9.17, 15) is 0 Å². The van der Waals surface area contributed by atoms with E-state index < -0.39 is 0 Å². The Morgan fingerprint density at radius 1 is 1.62 bits per heavy atom. The minimum absolute atomic E-state index is 0.566. The number of pyridine rings is 1. The summed E-state index contributed by atoms with van der Waals surface area (Å²) in [5.41, 5.74) is 1.17. The predicted molar refractivity (Wildman–Crippen MR) is 63.5 cm³/mol. The SMILES string of the molecule is COc1ncccc1CN1CCN[C@@H](C)C1. The molecule has 1 atom stereocenters. The maximum atomic E-state index is 5.26. The average Bonchev–Trinajstić information content (AvgIpc) is 2.30. The van der Waals surface area contributed by atoms with Crippen LogP contribution in [0.5, 0.6) is 5.88 Å². The topological polar surface area (TPSA) is 37.4 Å². The van der Waals surface area contributed by atoms with Crippen molar-refractivity contribution in [3.05, 3.63) is 23.9 Å². The number of methoxy groups -OCH3 is 1. The van der Waals surface area contributed by atoms with E-state index in [1.165, 1.54) is 5.56 Å². The lowest BCUT2D eigenvalue weighted by molar-refractivity contribution is 0.197. The molecule has 1 aliphatic rings. The van der Waals surface area contributed by atoms with E-state index in [0.29, 0.717) is 6.04 Å². The van der Waals surface area contributed by atoms with Crippen LogP contribution in [0.2, 0.25) is 0 Å². The quantitative estimate of drug-likeness (QED) is 0.822. The van der Waals surface area contributed by atoms with Crippen molar-refractivity contribution in [2.75, 3.05) is 26.7 Å². The van der Waals surface area contributed by atoms with Crippen molar-refractivity contribution in [2.45, 2.75) is 19.5 Å². The first-order valence-electron chi connectivity index (χ1n) is 5.73.